The van der Waals surface area contributed by atoms with Gasteiger partial charge in [-0.2, -0.15) is 0 Å². The Bertz CT molecular complexity index is 1610. The Morgan fingerprint density at radius 1 is 1.12 bits per heavy atom. The summed E-state index contributed by atoms with van der Waals surface area (Å²) in [5.74, 6) is 1.93. The van der Waals surface area contributed by atoms with Crippen LogP contribution in [0.3, 0.4) is 0 Å². The van der Waals surface area contributed by atoms with Crippen LogP contribution < -0.4 is 0 Å². The summed E-state index contributed by atoms with van der Waals surface area (Å²) in [6, 6.07) is 2.91. The summed E-state index contributed by atoms with van der Waals surface area (Å²) in [4.78, 5) is 52.0. The predicted molar refractivity (Wildman–Crippen MR) is 175 cm³/mol. The maximum atomic E-state index is 17.7. The molecule has 0 aromatic carbocycles. The molecule has 1 aromatic rings. The number of rotatable bonds is 7. The van der Waals surface area contributed by atoms with E-state index in [0.717, 1.165) is 43.5 Å². The third-order valence-electron chi connectivity index (χ3n) is 12.0. The van der Waals surface area contributed by atoms with E-state index in [-0.39, 0.29) is 43.0 Å². The smallest absolute Gasteiger partial charge is 0.457 e. The van der Waals surface area contributed by atoms with E-state index in [1.807, 2.05) is 0 Å². The Morgan fingerprint density at radius 2 is 1.88 bits per heavy atom. The number of esters is 1. The van der Waals surface area contributed by atoms with Crippen LogP contribution in [0.2, 0.25) is 0 Å². The number of ketones is 1. The topological polar surface area (TPSA) is 129 Å². The third-order valence-corrected chi connectivity index (χ3v) is 12.9. The van der Waals surface area contributed by atoms with E-state index < -0.39 is 75.2 Å². The summed E-state index contributed by atoms with van der Waals surface area (Å²) in [5.41, 5.74) is -7.13. The molecule has 5 aliphatic rings. The van der Waals surface area contributed by atoms with Crippen LogP contribution in [-0.4, -0.2) is 70.6 Å². The summed E-state index contributed by atoms with van der Waals surface area (Å²) in [6.45, 7) is 5.02. The Morgan fingerprint density at radius 3 is 2.59 bits per heavy atom. The maximum Gasteiger partial charge on any atom is 0.509 e. The van der Waals surface area contributed by atoms with Gasteiger partial charge < -0.3 is 23.7 Å². The number of carbonyl (C=O) groups excluding carboxylic acids is 4. The van der Waals surface area contributed by atoms with Gasteiger partial charge in [0.1, 0.15) is 6.17 Å². The number of hydrogen-bond acceptors (Lipinski definition) is 10. The van der Waals surface area contributed by atoms with Crippen molar-refractivity contribution in [2.24, 2.45) is 34.5 Å². The van der Waals surface area contributed by atoms with Crippen LogP contribution in [0.1, 0.15) is 76.3 Å². The summed E-state index contributed by atoms with van der Waals surface area (Å²) >= 11 is 0.804. The van der Waals surface area contributed by atoms with Gasteiger partial charge in [-0.1, -0.05) is 56.4 Å². The van der Waals surface area contributed by atoms with E-state index in [1.165, 1.54) is 37.5 Å². The van der Waals surface area contributed by atoms with Crippen LogP contribution in [0.25, 0.3) is 0 Å². The van der Waals surface area contributed by atoms with E-state index in [0.29, 0.717) is 12.5 Å². The standard InChI is InChI=1S/C37H42F2O9S/c1-22-17-25-26-19-28(38)27-18-24(40)12-13-34(27,2)36(26,39)30(41)20-35(25,3)37(22,48-31(42)29-11-8-15-45-29)32(43)49-16-7-6-14-46-33(44)47-21-23-9-4-5-10-23/h8,11-13,15,18,22-23,25-26,28,30,41H,4-5,9-10,14,16-17,19-21H2,1-3H3/t22-,25+,26+,28+,30+,34+,35+,36+,37+/m1/s1. The number of thioether (sulfide) groups is 1. The van der Waals surface area contributed by atoms with Crippen LogP contribution in [0.15, 0.2) is 46.6 Å². The molecule has 9 nitrogen and oxygen atoms in total. The van der Waals surface area contributed by atoms with Crippen LogP contribution in [-0.2, 0) is 23.8 Å². The molecule has 0 bridgehead atoms. The molecule has 4 fully saturated rings. The second kappa shape index (κ2) is 13.4. The molecule has 49 heavy (non-hydrogen) atoms. The van der Waals surface area contributed by atoms with Gasteiger partial charge in [-0.25, -0.2) is 18.4 Å². The van der Waals surface area contributed by atoms with Gasteiger partial charge in [0, 0.05) is 22.7 Å². The lowest BCUT2D eigenvalue weighted by atomic mass is 9.44. The Hall–Kier alpha value is -3.43. The summed E-state index contributed by atoms with van der Waals surface area (Å²) in [6.07, 6.45) is 4.78. The molecular weight excluding hydrogens is 658 g/mol. The first-order chi connectivity index (χ1) is 23.3. The van der Waals surface area contributed by atoms with E-state index >= 15 is 8.78 Å². The highest BCUT2D eigenvalue weighted by Gasteiger charge is 2.78. The highest BCUT2D eigenvalue weighted by molar-refractivity contribution is 8.14. The van der Waals surface area contributed by atoms with Crippen molar-refractivity contribution in [3.63, 3.8) is 0 Å². The minimum Gasteiger partial charge on any atom is -0.457 e. The summed E-state index contributed by atoms with van der Waals surface area (Å²) in [7, 11) is 0. The lowest BCUT2D eigenvalue weighted by Gasteiger charge is -2.63. The number of ether oxygens (including phenoxy) is 3. The summed E-state index contributed by atoms with van der Waals surface area (Å²) < 4.78 is 55.3. The first-order valence-corrected chi connectivity index (χ1v) is 17.9. The predicted octanol–water partition coefficient (Wildman–Crippen LogP) is 6.35. The normalized spacial score (nSPS) is 38.0. The average Bonchev–Trinajstić information content (AvgIpc) is 3.83. The van der Waals surface area contributed by atoms with E-state index in [1.54, 1.807) is 13.8 Å². The van der Waals surface area contributed by atoms with Crippen molar-refractivity contribution >= 4 is 34.8 Å². The Kier molecular flexibility index (Phi) is 9.65. The fourth-order valence-electron chi connectivity index (χ4n) is 9.62. The summed E-state index contributed by atoms with van der Waals surface area (Å²) in [5, 5.41) is 11.2. The Labute approximate surface area is 288 Å². The van der Waals surface area contributed by atoms with Gasteiger partial charge in [0.05, 0.1) is 24.7 Å². The van der Waals surface area contributed by atoms with Gasteiger partial charge in [0.2, 0.25) is 10.9 Å². The van der Waals surface area contributed by atoms with Crippen molar-refractivity contribution < 1.29 is 51.7 Å². The van der Waals surface area contributed by atoms with Gasteiger partial charge in [-0.3, -0.25) is 9.59 Å². The molecule has 9 atom stereocenters. The molecule has 0 aliphatic heterocycles. The van der Waals surface area contributed by atoms with Crippen molar-refractivity contribution in [2.75, 3.05) is 19.0 Å². The molecule has 5 aliphatic carbocycles. The number of allylic oxidation sites excluding steroid dienone is 4. The second-order valence-electron chi connectivity index (χ2n) is 14.5. The highest BCUT2D eigenvalue weighted by Crippen LogP contribution is 2.72. The molecule has 264 valence electrons. The number of carbonyl (C=O) groups is 4. The van der Waals surface area contributed by atoms with Crippen molar-refractivity contribution in [1.29, 1.82) is 0 Å². The number of aliphatic hydroxyl groups is 1. The molecule has 6 rings (SSSR count). The van der Waals surface area contributed by atoms with E-state index in [2.05, 4.69) is 11.8 Å². The zero-order valence-corrected chi connectivity index (χ0v) is 28.7. The monoisotopic (exact) mass is 700 g/mol. The molecule has 0 unspecified atom stereocenters. The third kappa shape index (κ3) is 5.75. The molecule has 12 heteroatoms. The van der Waals surface area contributed by atoms with Gasteiger partial charge in [-0.15, -0.1) is 0 Å². The molecule has 0 radical (unpaired) electrons. The first kappa shape index (κ1) is 35.4. The van der Waals surface area contributed by atoms with Crippen molar-refractivity contribution in [1.82, 2.24) is 0 Å². The second-order valence-corrected chi connectivity index (χ2v) is 15.5. The van der Waals surface area contributed by atoms with Crippen molar-refractivity contribution in [3.8, 4) is 11.8 Å². The molecule has 4 saturated carbocycles. The zero-order chi connectivity index (χ0) is 35.2. The van der Waals surface area contributed by atoms with Crippen LogP contribution in [0.5, 0.6) is 0 Å². The molecule has 0 saturated heterocycles. The number of halogens is 2. The number of fused-ring (bicyclic) bond motifs is 5. The van der Waals surface area contributed by atoms with E-state index in [9.17, 15) is 24.3 Å². The molecular formula is C37H42F2O9S. The first-order valence-electron chi connectivity index (χ1n) is 16.9. The zero-order valence-electron chi connectivity index (χ0n) is 27.9. The molecule has 0 spiro atoms. The number of aliphatic hydroxyl groups excluding tert-OH is 1. The van der Waals surface area contributed by atoms with Crippen LogP contribution in [0, 0.1) is 46.3 Å². The lowest BCUT2D eigenvalue weighted by molar-refractivity contribution is -0.221. The van der Waals surface area contributed by atoms with Gasteiger partial charge >= 0.3 is 12.1 Å². The lowest BCUT2D eigenvalue weighted by Crippen LogP contribution is -2.70. The quantitative estimate of drug-likeness (QED) is 0.254. The SMILES string of the molecule is C[C@@H]1C[C@H]2[C@@H]3C[C@H](F)C4=CC(=O)C=C[C@]4(C)[C@@]3(F)[C@@H](O)C[C@]2(C)[C@@]1(OC(=O)c1ccco1)C(=O)SCC#CCOC(=O)OCC1CCCC1. The molecule has 0 amide bonds. The van der Waals surface area contributed by atoms with Crippen LogP contribution >= 0.6 is 11.8 Å². The molecule has 1 heterocycles. The van der Waals surface area contributed by atoms with Crippen molar-refractivity contribution in [2.45, 2.75) is 89.3 Å². The average molecular weight is 701 g/mol. The van der Waals surface area contributed by atoms with E-state index in [4.69, 9.17) is 18.6 Å². The fraction of sp³-hybridized carbons (Fsp3) is 0.622. The Balaban J connectivity index is 1.24. The number of hydrogen-bond donors (Lipinski definition) is 1. The van der Waals surface area contributed by atoms with Gasteiger partial charge in [0.15, 0.2) is 23.7 Å². The minimum absolute atomic E-state index is 0.000721. The maximum absolute atomic E-state index is 17.7. The highest BCUT2D eigenvalue weighted by atomic mass is 32.2. The van der Waals surface area contributed by atoms with Gasteiger partial charge in [0.25, 0.3) is 0 Å². The fourth-order valence-corrected chi connectivity index (χ4v) is 10.6. The van der Waals surface area contributed by atoms with Crippen LogP contribution in [0.4, 0.5) is 13.6 Å². The number of furan rings is 1. The largest absolute Gasteiger partial charge is 0.509 e. The molecule has 1 N–H and O–H groups in total. The minimum atomic E-state index is -2.36. The number of alkyl halides is 2. The molecule has 1 aromatic heterocycles. The van der Waals surface area contributed by atoms with Gasteiger partial charge in [-0.05, 0) is 80.7 Å². The van der Waals surface area contributed by atoms with Crippen molar-refractivity contribution in [3.05, 3.63) is 48.0 Å².